The minimum absolute atomic E-state index is 0.150. The number of amides is 1. The highest BCUT2D eigenvalue weighted by molar-refractivity contribution is 5.92. The Hall–Kier alpha value is -2.24. The monoisotopic (exact) mass is 335 g/mol. The summed E-state index contributed by atoms with van der Waals surface area (Å²) in [6, 6.07) is 5.12. The lowest BCUT2D eigenvalue weighted by molar-refractivity contribution is -0.140. The van der Waals surface area contributed by atoms with Crippen molar-refractivity contribution in [3.05, 3.63) is 23.8 Å². The molecule has 2 atom stereocenters. The summed E-state index contributed by atoms with van der Waals surface area (Å²) in [7, 11) is 3.02. The van der Waals surface area contributed by atoms with E-state index in [4.69, 9.17) is 14.2 Å². The van der Waals surface area contributed by atoms with Crippen LogP contribution in [0.2, 0.25) is 0 Å². The third-order valence-electron chi connectivity index (χ3n) is 4.43. The highest BCUT2D eigenvalue weighted by atomic mass is 16.5. The van der Waals surface area contributed by atoms with Gasteiger partial charge in [0.2, 0.25) is 0 Å². The van der Waals surface area contributed by atoms with E-state index >= 15 is 0 Å². The van der Waals surface area contributed by atoms with Gasteiger partial charge in [0.15, 0.2) is 18.1 Å². The molecule has 0 N–H and O–H groups in total. The molecule has 0 radical (unpaired) electrons. The van der Waals surface area contributed by atoms with Crippen molar-refractivity contribution < 1.29 is 23.8 Å². The predicted octanol–water partition coefficient (Wildman–Crippen LogP) is 2.65. The van der Waals surface area contributed by atoms with Crippen LogP contribution in [-0.2, 0) is 9.53 Å². The fourth-order valence-electron chi connectivity index (χ4n) is 3.16. The van der Waals surface area contributed by atoms with E-state index in [2.05, 4.69) is 0 Å². The zero-order valence-corrected chi connectivity index (χ0v) is 14.7. The first kappa shape index (κ1) is 18.1. The van der Waals surface area contributed by atoms with Crippen molar-refractivity contribution >= 4 is 11.9 Å². The first-order valence-electron chi connectivity index (χ1n) is 8.18. The minimum atomic E-state index is -0.554. The molecule has 1 saturated heterocycles. The van der Waals surface area contributed by atoms with E-state index < -0.39 is 5.97 Å². The topological polar surface area (TPSA) is 65.1 Å². The van der Waals surface area contributed by atoms with Gasteiger partial charge in [0.05, 0.1) is 19.8 Å². The second-order valence-electron chi connectivity index (χ2n) is 6.08. The lowest BCUT2D eigenvalue weighted by Crippen LogP contribution is -2.49. The Morgan fingerprint density at radius 1 is 1.08 bits per heavy atom. The van der Waals surface area contributed by atoms with Gasteiger partial charge in [-0.05, 0) is 51.3 Å². The molecule has 1 aromatic rings. The maximum absolute atomic E-state index is 12.4. The lowest BCUT2D eigenvalue weighted by Gasteiger charge is -2.38. The molecule has 1 heterocycles. The number of hydrogen-bond donors (Lipinski definition) is 0. The van der Waals surface area contributed by atoms with Crippen LogP contribution in [0.25, 0.3) is 0 Å². The molecule has 1 aromatic carbocycles. The molecule has 24 heavy (non-hydrogen) atoms. The van der Waals surface area contributed by atoms with Crippen molar-refractivity contribution in [3.63, 3.8) is 0 Å². The summed E-state index contributed by atoms with van der Waals surface area (Å²) in [6.07, 6.45) is 3.09. The number of piperidine rings is 1. The fourth-order valence-corrected chi connectivity index (χ4v) is 3.16. The van der Waals surface area contributed by atoms with E-state index in [-0.39, 0.29) is 24.6 Å². The maximum Gasteiger partial charge on any atom is 0.338 e. The van der Waals surface area contributed by atoms with Crippen LogP contribution in [-0.4, -0.2) is 49.7 Å². The van der Waals surface area contributed by atoms with Crippen molar-refractivity contribution in [1.29, 1.82) is 0 Å². The van der Waals surface area contributed by atoms with E-state index in [0.717, 1.165) is 19.3 Å². The van der Waals surface area contributed by atoms with Gasteiger partial charge in [-0.2, -0.15) is 0 Å². The van der Waals surface area contributed by atoms with E-state index in [1.807, 2.05) is 18.7 Å². The Labute approximate surface area is 142 Å². The molecule has 1 fully saturated rings. The van der Waals surface area contributed by atoms with Crippen molar-refractivity contribution in [2.75, 3.05) is 20.8 Å². The molecule has 0 bridgehead atoms. The average Bonchev–Trinajstić information content (AvgIpc) is 2.58. The van der Waals surface area contributed by atoms with Crippen molar-refractivity contribution in [2.45, 2.75) is 45.2 Å². The third-order valence-corrected chi connectivity index (χ3v) is 4.43. The van der Waals surface area contributed by atoms with Gasteiger partial charge in [-0.3, -0.25) is 4.79 Å². The minimum Gasteiger partial charge on any atom is -0.493 e. The maximum atomic E-state index is 12.4. The van der Waals surface area contributed by atoms with Crippen molar-refractivity contribution in [1.82, 2.24) is 4.90 Å². The number of carbonyl (C=O) groups excluding carboxylic acids is 2. The normalized spacial score (nSPS) is 20.4. The fraction of sp³-hybridized carbons (Fsp3) is 0.556. The van der Waals surface area contributed by atoms with Crippen LogP contribution >= 0.6 is 0 Å². The average molecular weight is 335 g/mol. The second kappa shape index (κ2) is 8.04. The van der Waals surface area contributed by atoms with E-state index in [9.17, 15) is 9.59 Å². The smallest absolute Gasteiger partial charge is 0.338 e. The molecule has 1 aliphatic heterocycles. The number of esters is 1. The number of nitrogens with zero attached hydrogens (tertiary/aromatic N) is 1. The summed E-state index contributed by atoms with van der Waals surface area (Å²) in [5.41, 5.74) is 0.320. The van der Waals surface area contributed by atoms with Gasteiger partial charge in [-0.1, -0.05) is 0 Å². The zero-order valence-electron chi connectivity index (χ0n) is 14.7. The summed E-state index contributed by atoms with van der Waals surface area (Å²) < 4.78 is 15.5. The highest BCUT2D eigenvalue weighted by Crippen LogP contribution is 2.28. The summed E-state index contributed by atoms with van der Waals surface area (Å²) in [5, 5.41) is 0. The standard InChI is InChI=1S/C18H25NO5/c1-12-6-5-7-13(2)19(12)17(20)11-24-18(21)14-8-9-15(22-3)16(10-14)23-4/h8-10,12-13H,5-7,11H2,1-4H3/t12-,13-/m0/s1. The molecule has 1 amide bonds. The van der Waals surface area contributed by atoms with Gasteiger partial charge in [0.1, 0.15) is 0 Å². The number of hydrogen-bond acceptors (Lipinski definition) is 5. The number of ether oxygens (including phenoxy) is 3. The Morgan fingerprint density at radius 3 is 2.29 bits per heavy atom. The summed E-state index contributed by atoms with van der Waals surface area (Å²) in [6.45, 7) is 3.81. The first-order chi connectivity index (χ1) is 11.5. The molecule has 0 aromatic heterocycles. The summed E-state index contributed by atoms with van der Waals surface area (Å²) in [4.78, 5) is 26.4. The van der Waals surface area contributed by atoms with Crippen molar-refractivity contribution in [3.8, 4) is 11.5 Å². The SMILES string of the molecule is COc1ccc(C(=O)OCC(=O)N2[C@@H](C)CCC[C@@H]2C)cc1OC. The van der Waals surface area contributed by atoms with Gasteiger partial charge in [-0.15, -0.1) is 0 Å². The van der Waals surface area contributed by atoms with Gasteiger partial charge >= 0.3 is 5.97 Å². The quantitative estimate of drug-likeness (QED) is 0.774. The summed E-state index contributed by atoms with van der Waals surface area (Å²) in [5.74, 6) is 0.266. The highest BCUT2D eigenvalue weighted by Gasteiger charge is 2.29. The molecular formula is C18H25NO5. The molecule has 1 aliphatic rings. The van der Waals surface area contributed by atoms with Crippen LogP contribution < -0.4 is 9.47 Å². The number of rotatable bonds is 5. The summed E-state index contributed by atoms with van der Waals surface area (Å²) >= 11 is 0. The van der Waals surface area contributed by atoms with E-state index in [1.165, 1.54) is 20.3 Å². The van der Waals surface area contributed by atoms with Gasteiger partial charge in [-0.25, -0.2) is 4.79 Å². The predicted molar refractivity (Wildman–Crippen MR) is 89.4 cm³/mol. The molecule has 2 rings (SSSR count). The van der Waals surface area contributed by atoms with Gasteiger partial charge < -0.3 is 19.1 Å². The Balaban J connectivity index is 1.98. The number of benzene rings is 1. The molecule has 0 saturated carbocycles. The van der Waals surface area contributed by atoms with Gasteiger partial charge in [0.25, 0.3) is 5.91 Å². The largest absolute Gasteiger partial charge is 0.493 e. The molecule has 132 valence electrons. The number of methoxy groups -OCH3 is 2. The van der Waals surface area contributed by atoms with Crippen LogP contribution in [0.15, 0.2) is 18.2 Å². The molecule has 0 spiro atoms. The number of likely N-dealkylation sites (tertiary alicyclic amines) is 1. The lowest BCUT2D eigenvalue weighted by atomic mass is 9.97. The molecule has 0 aliphatic carbocycles. The Bertz CT molecular complexity index is 591. The molecule has 6 nitrogen and oxygen atoms in total. The van der Waals surface area contributed by atoms with Crippen LogP contribution in [0.3, 0.4) is 0 Å². The van der Waals surface area contributed by atoms with Crippen LogP contribution in [0.5, 0.6) is 11.5 Å². The van der Waals surface area contributed by atoms with Crippen LogP contribution in [0, 0.1) is 0 Å². The first-order valence-corrected chi connectivity index (χ1v) is 8.18. The second-order valence-corrected chi connectivity index (χ2v) is 6.08. The van der Waals surface area contributed by atoms with Crippen molar-refractivity contribution in [2.24, 2.45) is 0 Å². The zero-order chi connectivity index (χ0) is 17.7. The third kappa shape index (κ3) is 3.99. The molecule has 0 unspecified atom stereocenters. The van der Waals surface area contributed by atoms with Gasteiger partial charge in [0, 0.05) is 12.1 Å². The van der Waals surface area contributed by atoms with E-state index in [0.29, 0.717) is 17.1 Å². The van der Waals surface area contributed by atoms with E-state index in [1.54, 1.807) is 12.1 Å². The molecular weight excluding hydrogens is 310 g/mol. The Kier molecular flexibility index (Phi) is 6.06. The Morgan fingerprint density at radius 2 is 1.71 bits per heavy atom. The van der Waals surface area contributed by atoms with Crippen LogP contribution in [0.4, 0.5) is 0 Å². The number of carbonyl (C=O) groups is 2. The van der Waals surface area contributed by atoms with Crippen LogP contribution in [0.1, 0.15) is 43.5 Å². The molecule has 6 heteroatoms.